The van der Waals surface area contributed by atoms with Crippen molar-refractivity contribution in [1.82, 2.24) is 19.2 Å². The molecular weight excluding hydrogens is 366 g/mol. The molecule has 0 aliphatic rings. The first kappa shape index (κ1) is 13.6. The molecule has 0 aromatic carbocycles. The fourth-order valence-corrected chi connectivity index (χ4v) is 3.64. The van der Waals surface area contributed by atoms with Gasteiger partial charge in [-0.3, -0.25) is 4.79 Å². The van der Waals surface area contributed by atoms with E-state index in [0.29, 0.717) is 28.2 Å². The van der Waals surface area contributed by atoms with Crippen LogP contribution in [0.5, 0.6) is 0 Å². The van der Waals surface area contributed by atoms with Gasteiger partial charge in [0.2, 0.25) is 0 Å². The third-order valence-corrected chi connectivity index (χ3v) is 5.12. The highest BCUT2D eigenvalue weighted by Gasteiger charge is 2.12. The standard InChI is InChI=1S/C11H9BrClN5OS/c1-5-10(12)18-9(19)2-6(15-11(18)20-5)4-17-8(14)3-7(13)16-17/h2-3H,4,14H2,1H3. The lowest BCUT2D eigenvalue weighted by Gasteiger charge is -2.03. The molecule has 0 bridgehead atoms. The van der Waals surface area contributed by atoms with Gasteiger partial charge in [0.1, 0.15) is 10.4 Å². The highest BCUT2D eigenvalue weighted by molar-refractivity contribution is 9.10. The predicted octanol–water partition coefficient (Wildman–Crippen LogP) is 2.31. The van der Waals surface area contributed by atoms with Gasteiger partial charge >= 0.3 is 0 Å². The summed E-state index contributed by atoms with van der Waals surface area (Å²) in [5, 5.41) is 4.36. The van der Waals surface area contributed by atoms with E-state index in [1.807, 2.05) is 6.92 Å². The van der Waals surface area contributed by atoms with Crippen LogP contribution >= 0.6 is 38.9 Å². The van der Waals surface area contributed by atoms with Crippen molar-refractivity contribution in [2.24, 2.45) is 0 Å². The van der Waals surface area contributed by atoms with Crippen molar-refractivity contribution in [3.8, 4) is 0 Å². The van der Waals surface area contributed by atoms with E-state index in [4.69, 9.17) is 17.3 Å². The van der Waals surface area contributed by atoms with Gasteiger partial charge in [0.15, 0.2) is 10.1 Å². The molecule has 3 heterocycles. The first-order chi connectivity index (χ1) is 9.45. The third kappa shape index (κ3) is 2.23. The zero-order valence-corrected chi connectivity index (χ0v) is 13.5. The lowest BCUT2D eigenvalue weighted by Crippen LogP contribution is -2.16. The van der Waals surface area contributed by atoms with Crippen molar-refractivity contribution in [1.29, 1.82) is 0 Å². The number of rotatable bonds is 2. The first-order valence-electron chi connectivity index (χ1n) is 5.62. The molecule has 3 aromatic heterocycles. The van der Waals surface area contributed by atoms with Gasteiger partial charge in [0.25, 0.3) is 5.56 Å². The van der Waals surface area contributed by atoms with Gasteiger partial charge < -0.3 is 5.73 Å². The van der Waals surface area contributed by atoms with Gasteiger partial charge in [-0.25, -0.2) is 14.1 Å². The summed E-state index contributed by atoms with van der Waals surface area (Å²) in [5.41, 5.74) is 6.22. The number of nitrogens with zero attached hydrogens (tertiary/aromatic N) is 4. The second kappa shape index (κ2) is 4.87. The maximum absolute atomic E-state index is 12.1. The summed E-state index contributed by atoms with van der Waals surface area (Å²) in [6.45, 7) is 2.23. The lowest BCUT2D eigenvalue weighted by atomic mass is 10.4. The average Bonchev–Trinajstić information content (AvgIpc) is 2.80. The second-order valence-electron chi connectivity index (χ2n) is 4.20. The minimum Gasteiger partial charge on any atom is -0.384 e. The number of hydrogen-bond donors (Lipinski definition) is 1. The Hall–Kier alpha value is -1.38. The normalized spacial score (nSPS) is 11.3. The summed E-state index contributed by atoms with van der Waals surface area (Å²) in [6, 6.07) is 3.03. The minimum atomic E-state index is -0.141. The first-order valence-corrected chi connectivity index (χ1v) is 7.61. The van der Waals surface area contributed by atoms with E-state index >= 15 is 0 Å². The molecule has 0 spiro atoms. The van der Waals surface area contributed by atoms with Gasteiger partial charge in [-0.05, 0) is 22.9 Å². The molecule has 0 amide bonds. The van der Waals surface area contributed by atoms with Crippen LogP contribution in [-0.2, 0) is 6.54 Å². The Morgan fingerprint density at radius 3 is 2.90 bits per heavy atom. The van der Waals surface area contributed by atoms with Crippen LogP contribution in [0, 0.1) is 6.92 Å². The van der Waals surface area contributed by atoms with E-state index in [1.165, 1.54) is 26.5 Å². The number of hydrogen-bond acceptors (Lipinski definition) is 5. The third-order valence-electron chi connectivity index (χ3n) is 2.77. The molecule has 104 valence electrons. The van der Waals surface area contributed by atoms with Crippen LogP contribution in [0.25, 0.3) is 4.96 Å². The molecule has 0 unspecified atom stereocenters. The maximum Gasteiger partial charge on any atom is 0.259 e. The summed E-state index contributed by atoms with van der Waals surface area (Å²) >= 11 is 10.6. The van der Waals surface area contributed by atoms with Crippen LogP contribution in [0.15, 0.2) is 21.5 Å². The molecule has 0 fully saturated rings. The number of thiazole rings is 1. The van der Waals surface area contributed by atoms with E-state index in [1.54, 1.807) is 6.07 Å². The van der Waals surface area contributed by atoms with E-state index in [2.05, 4.69) is 26.0 Å². The number of aryl methyl sites for hydroxylation is 1. The van der Waals surface area contributed by atoms with E-state index in [9.17, 15) is 4.79 Å². The summed E-state index contributed by atoms with van der Waals surface area (Å²) < 4.78 is 3.78. The fraction of sp³-hybridized carbons (Fsp3) is 0.182. The Morgan fingerprint density at radius 1 is 1.50 bits per heavy atom. The van der Waals surface area contributed by atoms with E-state index in [-0.39, 0.29) is 5.56 Å². The Balaban J connectivity index is 2.09. The van der Waals surface area contributed by atoms with Crippen molar-refractivity contribution in [2.75, 3.05) is 5.73 Å². The predicted molar refractivity (Wildman–Crippen MR) is 82.5 cm³/mol. The zero-order valence-electron chi connectivity index (χ0n) is 10.3. The van der Waals surface area contributed by atoms with Crippen LogP contribution in [0.3, 0.4) is 0 Å². The lowest BCUT2D eigenvalue weighted by molar-refractivity contribution is 0.681. The molecule has 3 aromatic rings. The van der Waals surface area contributed by atoms with E-state index < -0.39 is 0 Å². The molecule has 0 saturated heterocycles. The molecule has 3 rings (SSSR count). The van der Waals surface area contributed by atoms with Gasteiger partial charge in [-0.1, -0.05) is 11.6 Å². The Kier molecular flexibility index (Phi) is 3.31. The van der Waals surface area contributed by atoms with Gasteiger partial charge in [0.05, 0.1) is 12.2 Å². The van der Waals surface area contributed by atoms with Crippen molar-refractivity contribution in [2.45, 2.75) is 13.5 Å². The number of aromatic nitrogens is 4. The monoisotopic (exact) mass is 373 g/mol. The van der Waals surface area contributed by atoms with Gasteiger partial charge in [-0.2, -0.15) is 5.10 Å². The summed E-state index contributed by atoms with van der Waals surface area (Å²) in [6.07, 6.45) is 0. The van der Waals surface area contributed by atoms with Crippen molar-refractivity contribution < 1.29 is 0 Å². The van der Waals surface area contributed by atoms with Crippen LogP contribution in [0.1, 0.15) is 10.6 Å². The van der Waals surface area contributed by atoms with Crippen LogP contribution in [0.4, 0.5) is 5.82 Å². The summed E-state index contributed by atoms with van der Waals surface area (Å²) in [5.74, 6) is 0.431. The average molecular weight is 375 g/mol. The largest absolute Gasteiger partial charge is 0.384 e. The quantitative estimate of drug-likeness (QED) is 0.746. The van der Waals surface area contributed by atoms with Crippen LogP contribution in [0.2, 0.25) is 5.15 Å². The number of halogens is 2. The molecule has 20 heavy (non-hydrogen) atoms. The Bertz CT molecular complexity index is 868. The highest BCUT2D eigenvalue weighted by atomic mass is 79.9. The molecule has 0 aliphatic carbocycles. The molecule has 6 nitrogen and oxygen atoms in total. The van der Waals surface area contributed by atoms with E-state index in [0.717, 1.165) is 9.48 Å². The minimum absolute atomic E-state index is 0.141. The fourth-order valence-electron chi connectivity index (χ4n) is 1.85. The zero-order chi connectivity index (χ0) is 14.4. The summed E-state index contributed by atoms with van der Waals surface area (Å²) in [4.78, 5) is 18.2. The number of nitrogen functional groups attached to an aromatic ring is 1. The smallest absolute Gasteiger partial charge is 0.259 e. The molecule has 9 heteroatoms. The van der Waals surface area contributed by atoms with Crippen LogP contribution < -0.4 is 11.3 Å². The number of anilines is 1. The summed E-state index contributed by atoms with van der Waals surface area (Å²) in [7, 11) is 0. The number of nitrogens with two attached hydrogens (primary N) is 1. The second-order valence-corrected chi connectivity index (χ2v) is 6.52. The van der Waals surface area contributed by atoms with Crippen molar-refractivity contribution >= 4 is 49.6 Å². The van der Waals surface area contributed by atoms with Crippen LogP contribution in [-0.4, -0.2) is 19.2 Å². The Morgan fingerprint density at radius 2 is 2.25 bits per heavy atom. The van der Waals surface area contributed by atoms with Crippen molar-refractivity contribution in [3.05, 3.63) is 42.8 Å². The van der Waals surface area contributed by atoms with Gasteiger partial charge in [0, 0.05) is 17.0 Å². The SMILES string of the molecule is Cc1sc2nc(Cn3nc(Cl)cc3N)cc(=O)n2c1Br. The molecule has 2 N–H and O–H groups in total. The number of fused-ring (bicyclic) bond motifs is 1. The molecular formula is C11H9BrClN5OS. The maximum atomic E-state index is 12.1. The Labute approximate surface area is 130 Å². The highest BCUT2D eigenvalue weighted by Crippen LogP contribution is 2.24. The van der Waals surface area contributed by atoms with Gasteiger partial charge in [-0.15, -0.1) is 11.3 Å². The van der Waals surface area contributed by atoms with Crippen molar-refractivity contribution in [3.63, 3.8) is 0 Å². The molecule has 0 radical (unpaired) electrons. The molecule has 0 aliphatic heterocycles. The molecule has 0 saturated carbocycles. The molecule has 0 atom stereocenters. The topological polar surface area (TPSA) is 78.2 Å².